The summed E-state index contributed by atoms with van der Waals surface area (Å²) >= 11 is 0. The van der Waals surface area contributed by atoms with Gasteiger partial charge >= 0.3 is 0 Å². The molecule has 2 atom stereocenters. The maximum Gasteiger partial charge on any atom is 0.222 e. The minimum absolute atomic E-state index is 0.547. The lowest BCUT2D eigenvalue weighted by Gasteiger charge is -2.24. The fourth-order valence-electron chi connectivity index (χ4n) is 2.89. The van der Waals surface area contributed by atoms with E-state index in [1.807, 2.05) is 0 Å². The summed E-state index contributed by atoms with van der Waals surface area (Å²) in [4.78, 5) is 0. The van der Waals surface area contributed by atoms with Gasteiger partial charge in [0, 0.05) is 6.42 Å². The highest BCUT2D eigenvalue weighted by atomic mass is 16.6. The van der Waals surface area contributed by atoms with E-state index in [9.17, 15) is 5.11 Å². The molecule has 0 rings (SSSR count). The molecular weight excluding hydrogens is 274 g/mol. The van der Waals surface area contributed by atoms with Crippen molar-refractivity contribution in [2.75, 3.05) is 6.61 Å². The Hall–Kier alpha value is -0.120. The molecule has 0 heterocycles. The van der Waals surface area contributed by atoms with Gasteiger partial charge in [0.25, 0.3) is 0 Å². The largest absolute Gasteiger partial charge is 0.353 e. The van der Waals surface area contributed by atoms with Gasteiger partial charge in [0.2, 0.25) is 5.91 Å². The Morgan fingerprint density at radius 3 is 2.09 bits per heavy atom. The van der Waals surface area contributed by atoms with Crippen molar-refractivity contribution in [1.29, 1.82) is 0 Å². The average molecular weight is 316 g/mol. The quantitative estimate of drug-likeness (QED) is 0.298. The first kappa shape index (κ1) is 21.9. The zero-order valence-corrected chi connectivity index (χ0v) is 15.4. The van der Waals surface area contributed by atoms with Crippen LogP contribution in [0.3, 0.4) is 0 Å². The molecule has 3 N–H and O–H groups in total. The zero-order valence-electron chi connectivity index (χ0n) is 15.4. The average Bonchev–Trinajstić information content (AvgIpc) is 2.49. The van der Waals surface area contributed by atoms with E-state index in [1.165, 1.54) is 57.8 Å². The van der Waals surface area contributed by atoms with Crippen molar-refractivity contribution in [1.82, 2.24) is 0 Å². The summed E-state index contributed by atoms with van der Waals surface area (Å²) < 4.78 is 5.47. The van der Waals surface area contributed by atoms with E-state index in [2.05, 4.69) is 20.8 Å². The fourth-order valence-corrected chi connectivity index (χ4v) is 2.89. The molecule has 0 radical (unpaired) electrons. The number of unbranched alkanes of at least 4 members (excludes halogenated alkanes) is 6. The smallest absolute Gasteiger partial charge is 0.222 e. The summed E-state index contributed by atoms with van der Waals surface area (Å²) in [6, 6.07) is 0. The van der Waals surface area contributed by atoms with Gasteiger partial charge in [-0.2, -0.15) is 0 Å². The second-order valence-corrected chi connectivity index (χ2v) is 6.77. The third kappa shape index (κ3) is 13.5. The number of hydrogen-bond acceptors (Lipinski definition) is 3. The van der Waals surface area contributed by atoms with E-state index < -0.39 is 5.91 Å². The third-order valence-electron chi connectivity index (χ3n) is 4.54. The predicted molar refractivity (Wildman–Crippen MR) is 95.6 cm³/mol. The molecule has 0 aliphatic carbocycles. The molecule has 3 nitrogen and oxygen atoms in total. The molecule has 0 saturated carbocycles. The molecule has 0 aromatic carbocycles. The van der Waals surface area contributed by atoms with Gasteiger partial charge in [-0.15, -0.1) is 0 Å². The van der Waals surface area contributed by atoms with Crippen LogP contribution in [-0.4, -0.2) is 17.6 Å². The SMILES string of the molecule is CCCCCCCCOC(N)(O)CCCC(CC)CCCC. The summed E-state index contributed by atoms with van der Waals surface area (Å²) in [5.74, 6) is -0.652. The summed E-state index contributed by atoms with van der Waals surface area (Å²) in [7, 11) is 0. The van der Waals surface area contributed by atoms with Crippen LogP contribution < -0.4 is 5.73 Å². The Balaban J connectivity index is 3.62. The molecule has 0 aliphatic rings. The summed E-state index contributed by atoms with van der Waals surface area (Å²) in [6.07, 6.45) is 15.1. The first-order valence-corrected chi connectivity index (χ1v) is 9.70. The number of aliphatic hydroxyl groups is 1. The van der Waals surface area contributed by atoms with Crippen LogP contribution in [0.2, 0.25) is 0 Å². The molecule has 3 heteroatoms. The number of nitrogens with two attached hydrogens (primary N) is 1. The van der Waals surface area contributed by atoms with E-state index >= 15 is 0 Å². The highest BCUT2D eigenvalue weighted by Gasteiger charge is 2.21. The molecule has 22 heavy (non-hydrogen) atoms. The standard InChI is InChI=1S/C19H41NO2/c1-4-7-9-10-11-12-17-22-19(20,21)16-13-15-18(6-3)14-8-5-2/h18,21H,4-17,20H2,1-3H3. The lowest BCUT2D eigenvalue weighted by Crippen LogP contribution is -2.42. The first-order chi connectivity index (χ1) is 10.6. The van der Waals surface area contributed by atoms with E-state index in [-0.39, 0.29) is 0 Å². The van der Waals surface area contributed by atoms with Gasteiger partial charge in [-0.3, -0.25) is 5.73 Å². The molecule has 134 valence electrons. The van der Waals surface area contributed by atoms with Gasteiger partial charge in [-0.05, 0) is 18.8 Å². The van der Waals surface area contributed by atoms with Gasteiger partial charge in [0.1, 0.15) is 0 Å². The predicted octanol–water partition coefficient (Wildman–Crippen LogP) is 5.36. The van der Waals surface area contributed by atoms with Gasteiger partial charge in [0.05, 0.1) is 6.61 Å². The summed E-state index contributed by atoms with van der Waals surface area (Å²) in [5, 5.41) is 10.1. The van der Waals surface area contributed by atoms with Crippen LogP contribution in [0, 0.1) is 5.92 Å². The number of ether oxygens (including phenoxy) is 1. The Bertz CT molecular complexity index is 231. The van der Waals surface area contributed by atoms with Crippen LogP contribution in [0.1, 0.15) is 104 Å². The Labute approximate surface area is 139 Å². The van der Waals surface area contributed by atoms with Gasteiger partial charge in [0.15, 0.2) is 0 Å². The maximum atomic E-state index is 10.1. The zero-order chi connectivity index (χ0) is 16.7. The molecule has 0 aromatic heterocycles. The van der Waals surface area contributed by atoms with Crippen LogP contribution in [0.4, 0.5) is 0 Å². The minimum Gasteiger partial charge on any atom is -0.353 e. The third-order valence-corrected chi connectivity index (χ3v) is 4.54. The molecular formula is C19H41NO2. The normalized spacial score (nSPS) is 15.7. The van der Waals surface area contributed by atoms with Crippen molar-refractivity contribution in [3.63, 3.8) is 0 Å². The second kappa shape index (κ2) is 14.5. The lowest BCUT2D eigenvalue weighted by molar-refractivity contribution is -0.204. The molecule has 0 fully saturated rings. The Morgan fingerprint density at radius 1 is 0.864 bits per heavy atom. The van der Waals surface area contributed by atoms with Crippen LogP contribution in [0.25, 0.3) is 0 Å². The van der Waals surface area contributed by atoms with Crippen molar-refractivity contribution in [3.8, 4) is 0 Å². The summed E-state index contributed by atoms with van der Waals surface area (Å²) in [5.41, 5.74) is 5.84. The van der Waals surface area contributed by atoms with Gasteiger partial charge in [-0.25, -0.2) is 0 Å². The molecule has 0 bridgehead atoms. The molecule has 0 saturated heterocycles. The highest BCUT2D eigenvalue weighted by molar-refractivity contribution is 4.63. The van der Waals surface area contributed by atoms with E-state index in [4.69, 9.17) is 10.5 Å². The Morgan fingerprint density at radius 2 is 1.45 bits per heavy atom. The fraction of sp³-hybridized carbons (Fsp3) is 1.00. The van der Waals surface area contributed by atoms with Crippen LogP contribution in [0.5, 0.6) is 0 Å². The monoisotopic (exact) mass is 315 g/mol. The van der Waals surface area contributed by atoms with Crippen molar-refractivity contribution >= 4 is 0 Å². The van der Waals surface area contributed by atoms with E-state index in [0.717, 1.165) is 25.2 Å². The van der Waals surface area contributed by atoms with E-state index in [0.29, 0.717) is 13.0 Å². The molecule has 2 unspecified atom stereocenters. The van der Waals surface area contributed by atoms with Gasteiger partial charge < -0.3 is 9.84 Å². The number of hydrogen-bond donors (Lipinski definition) is 2. The van der Waals surface area contributed by atoms with E-state index in [1.54, 1.807) is 0 Å². The highest BCUT2D eigenvalue weighted by Crippen LogP contribution is 2.21. The second-order valence-electron chi connectivity index (χ2n) is 6.77. The van der Waals surface area contributed by atoms with Crippen LogP contribution in [0.15, 0.2) is 0 Å². The minimum atomic E-state index is -1.42. The molecule has 0 amide bonds. The van der Waals surface area contributed by atoms with Crippen LogP contribution in [-0.2, 0) is 4.74 Å². The molecule has 0 spiro atoms. The van der Waals surface area contributed by atoms with Crippen molar-refractivity contribution in [2.24, 2.45) is 11.7 Å². The first-order valence-electron chi connectivity index (χ1n) is 9.70. The topological polar surface area (TPSA) is 55.5 Å². The van der Waals surface area contributed by atoms with Crippen LogP contribution >= 0.6 is 0 Å². The Kier molecular flexibility index (Phi) is 14.4. The van der Waals surface area contributed by atoms with Crippen molar-refractivity contribution < 1.29 is 9.84 Å². The van der Waals surface area contributed by atoms with Crippen molar-refractivity contribution in [2.45, 2.75) is 110 Å². The maximum absolute atomic E-state index is 10.1. The number of rotatable bonds is 16. The van der Waals surface area contributed by atoms with Crippen molar-refractivity contribution in [3.05, 3.63) is 0 Å². The van der Waals surface area contributed by atoms with Gasteiger partial charge in [-0.1, -0.05) is 85.0 Å². The molecule has 0 aliphatic heterocycles. The summed E-state index contributed by atoms with van der Waals surface area (Å²) in [6.45, 7) is 7.29. The lowest BCUT2D eigenvalue weighted by atomic mass is 9.93. The molecule has 0 aromatic rings.